The molecule has 4 fully saturated rings. The van der Waals surface area contributed by atoms with Crippen molar-refractivity contribution in [2.45, 2.75) is 202 Å². The maximum atomic E-state index is 13.2. The standard InChI is InChI=1S/C51H84O7/c1-10-31(4)49(56)58-46-28-38(53)25-35-14-13-33(6)41(48(35)46)18-16-37(52)27-39(54)29-47(55)57-40-21-23-50(8)36(26-40)15-17-42-44-20-19-43(51(44,9)24-22-45(42)50)34(7)12-11-32(5)30(2)3/h13-14,25,30-34,36-46,48,52-54H,10-12,15-24,26-29H2,1-9H3/t31-,32+,33-,34+,36-,37+,38+,39+,40?,41-,42-,43?,44-,45-,46-,48-,50-,51+/m0/s1. The second kappa shape index (κ2) is 19.1. The van der Waals surface area contributed by atoms with Crippen molar-refractivity contribution in [2.24, 2.45) is 81.8 Å². The van der Waals surface area contributed by atoms with Crippen LogP contribution in [0.25, 0.3) is 0 Å². The summed E-state index contributed by atoms with van der Waals surface area (Å²) in [6.07, 6.45) is 19.3. The zero-order valence-corrected chi connectivity index (χ0v) is 38.0. The van der Waals surface area contributed by atoms with E-state index in [2.05, 4.69) is 54.5 Å². The van der Waals surface area contributed by atoms with E-state index in [0.29, 0.717) is 42.4 Å². The summed E-state index contributed by atoms with van der Waals surface area (Å²) in [6, 6.07) is 0. The highest BCUT2D eigenvalue weighted by atomic mass is 16.5. The molecule has 0 radical (unpaired) electrons. The molecule has 0 heterocycles. The summed E-state index contributed by atoms with van der Waals surface area (Å²) in [5.74, 6) is 5.82. The van der Waals surface area contributed by atoms with E-state index in [1.807, 2.05) is 26.0 Å². The molecule has 0 spiro atoms. The number of ether oxygens (including phenoxy) is 2. The van der Waals surface area contributed by atoms with E-state index >= 15 is 0 Å². The quantitative estimate of drug-likeness (QED) is 0.133. The van der Waals surface area contributed by atoms with Crippen molar-refractivity contribution in [3.8, 4) is 0 Å². The van der Waals surface area contributed by atoms with Crippen LogP contribution in [0.15, 0.2) is 23.8 Å². The molecule has 0 aromatic rings. The Morgan fingerprint density at radius 1 is 0.862 bits per heavy atom. The molecule has 2 unspecified atom stereocenters. The number of rotatable bonds is 16. The van der Waals surface area contributed by atoms with Gasteiger partial charge in [-0.1, -0.05) is 93.4 Å². The molecule has 0 bridgehead atoms. The van der Waals surface area contributed by atoms with Crippen LogP contribution in [0.3, 0.4) is 0 Å². The SMILES string of the molecule is CC[C@H](C)C(=O)O[C@H]1C[C@H](O)C=C2C=C[C@H](C)[C@H](CC[C@@H](O)C[C@@H](O)CC(=O)OC3CC[C@@]4(C)[C@@H](CC[C@@H]5[C@@H]4CC[C@]4(C)C([C@H](C)CC[C@@H](C)C(C)C)CC[C@@H]54)C3)[C@H]21. The number of esters is 2. The van der Waals surface area contributed by atoms with Crippen LogP contribution in [0, 0.1) is 81.8 Å². The zero-order valence-electron chi connectivity index (χ0n) is 38.0. The Hall–Kier alpha value is -1.70. The maximum absolute atomic E-state index is 13.2. The van der Waals surface area contributed by atoms with Crippen molar-refractivity contribution in [1.82, 2.24) is 0 Å². The molecule has 330 valence electrons. The molecule has 0 aromatic heterocycles. The molecule has 6 aliphatic rings. The van der Waals surface area contributed by atoms with Crippen LogP contribution in [-0.4, -0.2) is 57.8 Å². The molecule has 0 aromatic carbocycles. The van der Waals surface area contributed by atoms with Crippen molar-refractivity contribution < 1.29 is 34.4 Å². The van der Waals surface area contributed by atoms with Crippen molar-refractivity contribution in [3.05, 3.63) is 23.8 Å². The zero-order chi connectivity index (χ0) is 42.1. The van der Waals surface area contributed by atoms with Crippen molar-refractivity contribution in [1.29, 1.82) is 0 Å². The summed E-state index contributed by atoms with van der Waals surface area (Å²) < 4.78 is 12.1. The first-order chi connectivity index (χ1) is 27.4. The number of fused-ring (bicyclic) bond motifs is 6. The summed E-state index contributed by atoms with van der Waals surface area (Å²) in [5, 5.41) is 32.6. The third-order valence-corrected chi connectivity index (χ3v) is 18.3. The molecule has 18 atom stereocenters. The molecule has 0 aliphatic heterocycles. The fourth-order valence-electron chi connectivity index (χ4n) is 14.1. The number of allylic oxidation sites excluding steroid dienone is 2. The summed E-state index contributed by atoms with van der Waals surface area (Å²) in [4.78, 5) is 26.0. The van der Waals surface area contributed by atoms with Gasteiger partial charge in [0.05, 0.1) is 30.7 Å². The van der Waals surface area contributed by atoms with Crippen molar-refractivity contribution in [2.75, 3.05) is 0 Å². The Labute approximate surface area is 353 Å². The Balaban J connectivity index is 0.959. The van der Waals surface area contributed by atoms with Gasteiger partial charge in [-0.3, -0.25) is 9.59 Å². The molecule has 0 saturated heterocycles. The van der Waals surface area contributed by atoms with E-state index in [1.54, 1.807) is 0 Å². The highest BCUT2D eigenvalue weighted by molar-refractivity contribution is 5.72. The molecule has 6 rings (SSSR count). The fourth-order valence-corrected chi connectivity index (χ4v) is 14.1. The average Bonchev–Trinajstić information content (AvgIpc) is 3.53. The van der Waals surface area contributed by atoms with Crippen LogP contribution in [-0.2, 0) is 19.1 Å². The molecule has 0 amide bonds. The van der Waals surface area contributed by atoms with Gasteiger partial charge in [-0.25, -0.2) is 0 Å². The van der Waals surface area contributed by atoms with E-state index in [-0.39, 0.29) is 54.6 Å². The first-order valence-corrected chi connectivity index (χ1v) is 24.3. The lowest BCUT2D eigenvalue weighted by molar-refractivity contribution is -0.165. The number of aliphatic hydroxyl groups excluding tert-OH is 3. The minimum Gasteiger partial charge on any atom is -0.462 e. The van der Waals surface area contributed by atoms with Crippen LogP contribution >= 0.6 is 0 Å². The van der Waals surface area contributed by atoms with Gasteiger partial charge in [-0.05, 0) is 159 Å². The van der Waals surface area contributed by atoms with Crippen LogP contribution in [0.1, 0.15) is 171 Å². The smallest absolute Gasteiger partial charge is 0.308 e. The number of carbonyl (C=O) groups is 2. The van der Waals surface area contributed by atoms with E-state index < -0.39 is 24.4 Å². The maximum Gasteiger partial charge on any atom is 0.308 e. The molecule has 6 aliphatic carbocycles. The van der Waals surface area contributed by atoms with Crippen LogP contribution < -0.4 is 0 Å². The Kier molecular flexibility index (Phi) is 15.1. The lowest BCUT2D eigenvalue weighted by Gasteiger charge is -2.61. The van der Waals surface area contributed by atoms with Gasteiger partial charge in [0.1, 0.15) is 12.2 Å². The third kappa shape index (κ3) is 9.83. The van der Waals surface area contributed by atoms with Crippen LogP contribution in [0.2, 0.25) is 0 Å². The molecule has 7 heteroatoms. The lowest BCUT2D eigenvalue weighted by Crippen LogP contribution is -2.54. The first kappa shape index (κ1) is 45.8. The Morgan fingerprint density at radius 2 is 1.59 bits per heavy atom. The highest BCUT2D eigenvalue weighted by Crippen LogP contribution is 2.68. The number of hydrogen-bond acceptors (Lipinski definition) is 7. The minimum absolute atomic E-state index is 0.0496. The summed E-state index contributed by atoms with van der Waals surface area (Å²) >= 11 is 0. The normalized spacial score (nSPS) is 40.8. The second-order valence-corrected chi connectivity index (χ2v) is 22.0. The van der Waals surface area contributed by atoms with Gasteiger partial charge in [-0.15, -0.1) is 0 Å². The third-order valence-electron chi connectivity index (χ3n) is 18.3. The average molecular weight is 809 g/mol. The van der Waals surface area contributed by atoms with Crippen molar-refractivity contribution >= 4 is 11.9 Å². The monoisotopic (exact) mass is 809 g/mol. The summed E-state index contributed by atoms with van der Waals surface area (Å²) in [5.41, 5.74) is 1.81. The van der Waals surface area contributed by atoms with Gasteiger partial charge < -0.3 is 24.8 Å². The van der Waals surface area contributed by atoms with E-state index in [1.165, 1.54) is 51.4 Å². The predicted molar refractivity (Wildman–Crippen MR) is 231 cm³/mol. The number of hydrogen-bond donors (Lipinski definition) is 3. The number of aliphatic hydroxyl groups is 3. The molecule has 4 saturated carbocycles. The van der Waals surface area contributed by atoms with Crippen molar-refractivity contribution in [3.63, 3.8) is 0 Å². The molecule has 7 nitrogen and oxygen atoms in total. The van der Waals surface area contributed by atoms with E-state index in [0.717, 1.165) is 66.3 Å². The highest BCUT2D eigenvalue weighted by Gasteiger charge is 2.61. The minimum atomic E-state index is -0.965. The molecular formula is C51H84O7. The Morgan fingerprint density at radius 3 is 2.31 bits per heavy atom. The second-order valence-electron chi connectivity index (χ2n) is 22.0. The largest absolute Gasteiger partial charge is 0.462 e. The topological polar surface area (TPSA) is 113 Å². The summed E-state index contributed by atoms with van der Waals surface area (Å²) in [7, 11) is 0. The van der Waals surface area contributed by atoms with E-state index in [4.69, 9.17) is 9.47 Å². The van der Waals surface area contributed by atoms with Gasteiger partial charge in [0, 0.05) is 12.3 Å². The molecule has 3 N–H and O–H groups in total. The fraction of sp³-hybridized carbons (Fsp3) is 0.882. The Bertz CT molecular complexity index is 1450. The first-order valence-electron chi connectivity index (χ1n) is 24.3. The van der Waals surface area contributed by atoms with Gasteiger partial charge in [0.15, 0.2) is 0 Å². The van der Waals surface area contributed by atoms with Crippen LogP contribution in [0.4, 0.5) is 0 Å². The summed E-state index contributed by atoms with van der Waals surface area (Å²) in [6.45, 7) is 21.0. The number of carbonyl (C=O) groups excluding carboxylic acids is 2. The molecular weight excluding hydrogens is 725 g/mol. The molecule has 58 heavy (non-hydrogen) atoms. The predicted octanol–water partition coefficient (Wildman–Crippen LogP) is 10.6. The van der Waals surface area contributed by atoms with Gasteiger partial charge in [0.25, 0.3) is 0 Å². The van der Waals surface area contributed by atoms with Gasteiger partial charge in [0.2, 0.25) is 0 Å². The van der Waals surface area contributed by atoms with Crippen LogP contribution in [0.5, 0.6) is 0 Å². The van der Waals surface area contributed by atoms with Gasteiger partial charge in [-0.2, -0.15) is 0 Å². The van der Waals surface area contributed by atoms with Gasteiger partial charge >= 0.3 is 11.9 Å². The lowest BCUT2D eigenvalue weighted by atomic mass is 9.44. The van der Waals surface area contributed by atoms with E-state index in [9.17, 15) is 24.9 Å².